The van der Waals surface area contributed by atoms with E-state index in [-0.39, 0.29) is 11.5 Å². The molecule has 1 fully saturated rings. The monoisotopic (exact) mass is 275 g/mol. The summed E-state index contributed by atoms with van der Waals surface area (Å²) in [6.45, 7) is 2.63. The maximum Gasteiger partial charge on any atom is 0.336 e. The first kappa shape index (κ1) is 12.6. The molecular weight excluding hydrogens is 262 g/mol. The van der Waals surface area contributed by atoms with E-state index in [2.05, 4.69) is 10.1 Å². The van der Waals surface area contributed by atoms with Crippen molar-refractivity contribution in [1.29, 1.82) is 0 Å². The van der Waals surface area contributed by atoms with Crippen molar-refractivity contribution in [3.63, 3.8) is 0 Å². The van der Waals surface area contributed by atoms with E-state index in [0.29, 0.717) is 37.8 Å². The van der Waals surface area contributed by atoms with Gasteiger partial charge in [-0.25, -0.2) is 4.79 Å². The zero-order valence-corrected chi connectivity index (χ0v) is 10.7. The van der Waals surface area contributed by atoms with E-state index >= 15 is 0 Å². The summed E-state index contributed by atoms with van der Waals surface area (Å²) in [5.74, 6) is -0.347. The minimum Gasteiger partial charge on any atom is -0.478 e. The Kier molecular flexibility index (Phi) is 3.34. The second kappa shape index (κ2) is 5.30. The van der Waals surface area contributed by atoms with Crippen molar-refractivity contribution in [2.75, 3.05) is 31.2 Å². The number of nitrogens with zero attached hydrogens (tertiary/aromatic N) is 3. The van der Waals surface area contributed by atoms with Gasteiger partial charge in [-0.05, 0) is 17.3 Å². The van der Waals surface area contributed by atoms with E-state index in [4.69, 9.17) is 14.4 Å². The summed E-state index contributed by atoms with van der Waals surface area (Å²) in [6, 6.07) is 6.56. The lowest BCUT2D eigenvalue weighted by Crippen LogP contribution is -2.36. The third-order valence-electron chi connectivity index (χ3n) is 3.10. The first-order chi connectivity index (χ1) is 9.75. The molecular formula is C13H13N3O4. The largest absolute Gasteiger partial charge is 0.478 e. The fourth-order valence-electron chi connectivity index (χ4n) is 2.07. The van der Waals surface area contributed by atoms with Crippen molar-refractivity contribution >= 4 is 11.9 Å². The van der Waals surface area contributed by atoms with Gasteiger partial charge in [-0.15, -0.1) is 0 Å². The lowest BCUT2D eigenvalue weighted by molar-refractivity contribution is 0.0697. The van der Waals surface area contributed by atoms with Crippen LogP contribution in [0.5, 0.6) is 0 Å². The normalized spacial score (nSPS) is 15.3. The lowest BCUT2D eigenvalue weighted by Gasteiger charge is -2.24. The number of hydrogen-bond donors (Lipinski definition) is 1. The fraction of sp³-hybridized carbons (Fsp3) is 0.308. The van der Waals surface area contributed by atoms with Crippen molar-refractivity contribution in [2.24, 2.45) is 0 Å². The van der Waals surface area contributed by atoms with Crippen molar-refractivity contribution in [3.8, 4) is 11.5 Å². The fourth-order valence-corrected chi connectivity index (χ4v) is 2.07. The van der Waals surface area contributed by atoms with Crippen molar-refractivity contribution in [3.05, 3.63) is 29.8 Å². The van der Waals surface area contributed by atoms with Gasteiger partial charge in [-0.1, -0.05) is 12.1 Å². The summed E-state index contributed by atoms with van der Waals surface area (Å²) in [5.41, 5.74) is 0.566. The van der Waals surface area contributed by atoms with Crippen molar-refractivity contribution in [1.82, 2.24) is 10.1 Å². The van der Waals surface area contributed by atoms with Gasteiger partial charge in [0.1, 0.15) is 0 Å². The first-order valence-electron chi connectivity index (χ1n) is 6.25. The Hall–Kier alpha value is -2.41. The Balaban J connectivity index is 1.92. The SMILES string of the molecule is O=C(O)c1ccccc1-c1nc(N2CCOCC2)no1. The summed E-state index contributed by atoms with van der Waals surface area (Å²) in [6.07, 6.45) is 0. The number of carbonyl (C=O) groups is 1. The van der Waals surface area contributed by atoms with E-state index in [0.717, 1.165) is 0 Å². The highest BCUT2D eigenvalue weighted by Gasteiger charge is 2.20. The van der Waals surface area contributed by atoms with Crippen molar-refractivity contribution < 1.29 is 19.2 Å². The van der Waals surface area contributed by atoms with Gasteiger partial charge in [-0.3, -0.25) is 0 Å². The van der Waals surface area contributed by atoms with Gasteiger partial charge in [0, 0.05) is 13.1 Å². The summed E-state index contributed by atoms with van der Waals surface area (Å²) in [5, 5.41) is 13.1. The molecule has 0 amide bonds. The standard InChI is InChI=1S/C13H13N3O4/c17-12(18)10-4-2-1-3-9(10)11-14-13(15-20-11)16-5-7-19-8-6-16/h1-4H,5-8H2,(H,17,18). The highest BCUT2D eigenvalue weighted by Crippen LogP contribution is 2.24. The molecule has 0 unspecified atom stereocenters. The predicted octanol–water partition coefficient (Wildman–Crippen LogP) is 1.27. The molecule has 104 valence electrons. The molecule has 7 heteroatoms. The van der Waals surface area contributed by atoms with Gasteiger partial charge in [0.25, 0.3) is 11.8 Å². The molecule has 0 atom stereocenters. The van der Waals surface area contributed by atoms with Crippen LogP contribution in [0.4, 0.5) is 5.95 Å². The van der Waals surface area contributed by atoms with Crippen LogP contribution in [0.2, 0.25) is 0 Å². The molecule has 0 radical (unpaired) electrons. The summed E-state index contributed by atoms with van der Waals surface area (Å²) in [7, 11) is 0. The van der Waals surface area contributed by atoms with E-state index < -0.39 is 5.97 Å². The Bertz CT molecular complexity index is 620. The molecule has 1 aromatic heterocycles. The maximum atomic E-state index is 11.2. The molecule has 20 heavy (non-hydrogen) atoms. The number of rotatable bonds is 3. The number of morpholine rings is 1. The molecule has 3 rings (SSSR count). The molecule has 0 saturated carbocycles. The zero-order chi connectivity index (χ0) is 13.9. The smallest absolute Gasteiger partial charge is 0.336 e. The number of ether oxygens (including phenoxy) is 1. The molecule has 7 nitrogen and oxygen atoms in total. The van der Waals surface area contributed by atoms with E-state index in [1.165, 1.54) is 6.07 Å². The zero-order valence-electron chi connectivity index (χ0n) is 10.7. The number of aromatic nitrogens is 2. The summed E-state index contributed by atoms with van der Waals surface area (Å²) < 4.78 is 10.4. The van der Waals surface area contributed by atoms with Gasteiger partial charge < -0.3 is 19.3 Å². The van der Waals surface area contributed by atoms with Crippen LogP contribution >= 0.6 is 0 Å². The van der Waals surface area contributed by atoms with E-state index in [1.54, 1.807) is 18.2 Å². The van der Waals surface area contributed by atoms with Gasteiger partial charge in [0.15, 0.2) is 0 Å². The minimum atomic E-state index is -1.02. The third-order valence-corrected chi connectivity index (χ3v) is 3.10. The van der Waals surface area contributed by atoms with E-state index in [1.807, 2.05) is 4.90 Å². The van der Waals surface area contributed by atoms with Crippen molar-refractivity contribution in [2.45, 2.75) is 0 Å². The molecule has 2 heterocycles. The predicted molar refractivity (Wildman–Crippen MR) is 69.7 cm³/mol. The number of anilines is 1. The number of hydrogen-bond acceptors (Lipinski definition) is 6. The molecule has 1 aliphatic heterocycles. The molecule has 0 spiro atoms. The van der Waals surface area contributed by atoms with Crippen LogP contribution in [-0.4, -0.2) is 47.5 Å². The van der Waals surface area contributed by atoms with Gasteiger partial charge in [0.2, 0.25) is 0 Å². The van der Waals surface area contributed by atoms with Crippen LogP contribution in [0, 0.1) is 0 Å². The quantitative estimate of drug-likeness (QED) is 0.902. The topological polar surface area (TPSA) is 88.7 Å². The molecule has 1 aliphatic rings. The maximum absolute atomic E-state index is 11.2. The highest BCUT2D eigenvalue weighted by molar-refractivity contribution is 5.94. The van der Waals surface area contributed by atoms with Gasteiger partial charge in [-0.2, -0.15) is 4.98 Å². The molecule has 0 bridgehead atoms. The Morgan fingerprint density at radius 2 is 2.00 bits per heavy atom. The number of benzene rings is 1. The van der Waals surface area contributed by atoms with Crippen LogP contribution in [0.1, 0.15) is 10.4 Å². The second-order valence-corrected chi connectivity index (χ2v) is 4.35. The van der Waals surface area contributed by atoms with Crippen LogP contribution in [-0.2, 0) is 4.74 Å². The number of aromatic carboxylic acids is 1. The van der Waals surface area contributed by atoms with Gasteiger partial charge >= 0.3 is 5.97 Å². The third kappa shape index (κ3) is 2.35. The number of carboxylic acids is 1. The summed E-state index contributed by atoms with van der Waals surface area (Å²) in [4.78, 5) is 17.4. The van der Waals surface area contributed by atoms with Crippen LogP contribution in [0.15, 0.2) is 28.8 Å². The highest BCUT2D eigenvalue weighted by atomic mass is 16.5. The van der Waals surface area contributed by atoms with Crippen LogP contribution < -0.4 is 4.90 Å². The molecule has 2 aromatic rings. The first-order valence-corrected chi connectivity index (χ1v) is 6.25. The molecule has 1 aromatic carbocycles. The minimum absolute atomic E-state index is 0.143. The molecule has 0 aliphatic carbocycles. The van der Waals surface area contributed by atoms with Crippen LogP contribution in [0.25, 0.3) is 11.5 Å². The average molecular weight is 275 g/mol. The number of carboxylic acid groups (broad SMARTS) is 1. The Labute approximate surface area is 114 Å². The molecule has 1 saturated heterocycles. The molecule has 1 N–H and O–H groups in total. The summed E-state index contributed by atoms with van der Waals surface area (Å²) >= 11 is 0. The van der Waals surface area contributed by atoms with Crippen LogP contribution in [0.3, 0.4) is 0 Å². The Morgan fingerprint density at radius 1 is 1.25 bits per heavy atom. The Morgan fingerprint density at radius 3 is 2.75 bits per heavy atom. The van der Waals surface area contributed by atoms with E-state index in [9.17, 15) is 4.79 Å². The lowest BCUT2D eigenvalue weighted by atomic mass is 10.1. The average Bonchev–Trinajstić information content (AvgIpc) is 2.98. The van der Waals surface area contributed by atoms with Gasteiger partial charge in [0.05, 0.1) is 24.3 Å². The second-order valence-electron chi connectivity index (χ2n) is 4.35.